The van der Waals surface area contributed by atoms with Crippen LogP contribution in [0.25, 0.3) is 4.96 Å². The molecule has 0 aliphatic rings. The van der Waals surface area contributed by atoms with Crippen molar-refractivity contribution in [3.63, 3.8) is 0 Å². The van der Waals surface area contributed by atoms with E-state index in [2.05, 4.69) is 4.98 Å². The highest BCUT2D eigenvalue weighted by Crippen LogP contribution is 2.28. The number of carbonyl (C=O) groups is 2. The number of aromatic carboxylic acids is 1. The molecule has 3 aromatic rings. The lowest BCUT2D eigenvalue weighted by atomic mass is 10.2. The van der Waals surface area contributed by atoms with E-state index in [0.717, 1.165) is 0 Å². The summed E-state index contributed by atoms with van der Waals surface area (Å²) in [6.07, 6.45) is 1.61. The Balaban J connectivity index is 1.97. The fourth-order valence-corrected chi connectivity index (χ4v) is 2.54. The summed E-state index contributed by atoms with van der Waals surface area (Å²) in [5, 5.41) is 11.0. The van der Waals surface area contributed by atoms with Crippen LogP contribution in [0, 0.1) is 0 Å². The summed E-state index contributed by atoms with van der Waals surface area (Å²) in [6, 6.07) is 6.05. The first-order valence-electron chi connectivity index (χ1n) is 5.83. The summed E-state index contributed by atoms with van der Waals surface area (Å²) in [5.41, 5.74) is 5.43. The van der Waals surface area contributed by atoms with Gasteiger partial charge in [0.1, 0.15) is 5.75 Å². The molecule has 106 valence electrons. The Labute approximate surface area is 122 Å². The molecule has 0 radical (unpaired) electrons. The van der Waals surface area contributed by atoms with Gasteiger partial charge in [0.05, 0.1) is 0 Å². The van der Waals surface area contributed by atoms with Crippen molar-refractivity contribution < 1.29 is 19.4 Å². The number of imidazole rings is 1. The van der Waals surface area contributed by atoms with Crippen LogP contribution in [0.2, 0.25) is 0 Å². The Hall–Kier alpha value is -2.87. The Morgan fingerprint density at radius 2 is 2.00 bits per heavy atom. The summed E-state index contributed by atoms with van der Waals surface area (Å²) < 4.78 is 6.94. The van der Waals surface area contributed by atoms with Gasteiger partial charge in [0.25, 0.3) is 5.88 Å². The third-order valence-electron chi connectivity index (χ3n) is 2.79. The summed E-state index contributed by atoms with van der Waals surface area (Å²) >= 11 is 1.30. The normalized spacial score (nSPS) is 10.7. The number of amides is 1. The molecule has 1 aromatic carbocycles. The Kier molecular flexibility index (Phi) is 3.07. The van der Waals surface area contributed by atoms with Gasteiger partial charge in [-0.3, -0.25) is 9.20 Å². The molecule has 0 saturated carbocycles. The zero-order valence-electron chi connectivity index (χ0n) is 10.5. The van der Waals surface area contributed by atoms with E-state index in [0.29, 0.717) is 16.3 Å². The molecule has 3 N–H and O–H groups in total. The largest absolute Gasteiger partial charge is 0.476 e. The Morgan fingerprint density at radius 1 is 1.29 bits per heavy atom. The van der Waals surface area contributed by atoms with E-state index in [1.54, 1.807) is 11.6 Å². The number of ether oxygens (including phenoxy) is 1. The van der Waals surface area contributed by atoms with Crippen molar-refractivity contribution in [2.45, 2.75) is 0 Å². The smallest absolute Gasteiger partial charge is 0.358 e. The molecular weight excluding hydrogens is 294 g/mol. The molecule has 7 nitrogen and oxygen atoms in total. The molecule has 2 aromatic heterocycles. The molecule has 2 heterocycles. The number of rotatable bonds is 4. The Morgan fingerprint density at radius 3 is 2.62 bits per heavy atom. The zero-order valence-corrected chi connectivity index (χ0v) is 11.3. The topological polar surface area (TPSA) is 107 Å². The first-order valence-corrected chi connectivity index (χ1v) is 6.71. The standard InChI is InChI=1S/C13H9N3O4S/c14-10(17)7-1-3-8(4-2-7)20-11-9(12(18)19)16-5-6-21-13(16)15-11/h1-6H,(H2,14,17)(H,18,19). The average molecular weight is 303 g/mol. The van der Waals surface area contributed by atoms with Gasteiger partial charge in [-0.2, -0.15) is 4.98 Å². The van der Waals surface area contributed by atoms with E-state index < -0.39 is 11.9 Å². The molecule has 8 heteroatoms. The maximum absolute atomic E-state index is 11.3. The maximum atomic E-state index is 11.3. The van der Waals surface area contributed by atoms with Crippen LogP contribution in [-0.4, -0.2) is 26.4 Å². The first-order chi connectivity index (χ1) is 10.1. The van der Waals surface area contributed by atoms with Gasteiger partial charge in [0.15, 0.2) is 10.7 Å². The SMILES string of the molecule is NC(=O)c1ccc(Oc2nc3sccn3c2C(=O)O)cc1. The van der Waals surface area contributed by atoms with Crippen molar-refractivity contribution in [1.29, 1.82) is 0 Å². The third kappa shape index (κ3) is 2.32. The molecule has 1 amide bonds. The molecular formula is C13H9N3O4S. The number of carboxylic acids is 1. The average Bonchev–Trinajstić information content (AvgIpc) is 2.98. The van der Waals surface area contributed by atoms with E-state index in [1.165, 1.54) is 40.0 Å². The number of aromatic nitrogens is 2. The highest BCUT2D eigenvalue weighted by Gasteiger charge is 2.21. The summed E-state index contributed by atoms with van der Waals surface area (Å²) in [6.45, 7) is 0. The number of nitrogens with two attached hydrogens (primary N) is 1. The molecule has 0 aliphatic carbocycles. The van der Waals surface area contributed by atoms with Crippen molar-refractivity contribution in [1.82, 2.24) is 9.38 Å². The van der Waals surface area contributed by atoms with E-state index in [9.17, 15) is 14.7 Å². The minimum Gasteiger partial charge on any atom is -0.476 e. The number of nitrogens with zero attached hydrogens (tertiary/aromatic N) is 2. The zero-order chi connectivity index (χ0) is 15.0. The Bertz CT molecular complexity index is 835. The van der Waals surface area contributed by atoms with Gasteiger partial charge in [-0.1, -0.05) is 0 Å². The fraction of sp³-hybridized carbons (Fsp3) is 0. The van der Waals surface area contributed by atoms with Crippen molar-refractivity contribution in [2.75, 3.05) is 0 Å². The van der Waals surface area contributed by atoms with Crippen LogP contribution in [0.15, 0.2) is 35.8 Å². The lowest BCUT2D eigenvalue weighted by Crippen LogP contribution is -2.10. The van der Waals surface area contributed by atoms with Crippen LogP contribution in [-0.2, 0) is 0 Å². The molecule has 0 fully saturated rings. The second-order valence-corrected chi connectivity index (χ2v) is 4.99. The number of carboxylic acid groups (broad SMARTS) is 1. The molecule has 0 saturated heterocycles. The molecule has 0 aliphatic heterocycles. The lowest BCUT2D eigenvalue weighted by Gasteiger charge is -2.04. The van der Waals surface area contributed by atoms with Crippen LogP contribution in [0.1, 0.15) is 20.8 Å². The molecule has 3 rings (SSSR count). The van der Waals surface area contributed by atoms with Gasteiger partial charge in [0, 0.05) is 17.1 Å². The quantitative estimate of drug-likeness (QED) is 0.766. The van der Waals surface area contributed by atoms with Gasteiger partial charge in [-0.25, -0.2) is 4.79 Å². The number of benzene rings is 1. The van der Waals surface area contributed by atoms with Gasteiger partial charge in [0.2, 0.25) is 5.91 Å². The number of hydrogen-bond donors (Lipinski definition) is 2. The summed E-state index contributed by atoms with van der Waals surface area (Å²) in [7, 11) is 0. The van der Waals surface area contributed by atoms with Crippen molar-refractivity contribution in [3.05, 3.63) is 47.1 Å². The van der Waals surface area contributed by atoms with Crippen LogP contribution < -0.4 is 10.5 Å². The van der Waals surface area contributed by atoms with Gasteiger partial charge in [-0.15, -0.1) is 11.3 Å². The molecule has 0 atom stereocenters. The van der Waals surface area contributed by atoms with Gasteiger partial charge in [-0.05, 0) is 24.3 Å². The van der Waals surface area contributed by atoms with Crippen LogP contribution in [0.5, 0.6) is 11.6 Å². The van der Waals surface area contributed by atoms with Crippen molar-refractivity contribution in [2.24, 2.45) is 5.73 Å². The van der Waals surface area contributed by atoms with E-state index >= 15 is 0 Å². The van der Waals surface area contributed by atoms with Crippen LogP contribution >= 0.6 is 11.3 Å². The van der Waals surface area contributed by atoms with Crippen LogP contribution in [0.3, 0.4) is 0 Å². The van der Waals surface area contributed by atoms with Gasteiger partial charge < -0.3 is 15.6 Å². The second-order valence-electron chi connectivity index (χ2n) is 4.12. The highest BCUT2D eigenvalue weighted by molar-refractivity contribution is 7.15. The molecule has 21 heavy (non-hydrogen) atoms. The highest BCUT2D eigenvalue weighted by atomic mass is 32.1. The van der Waals surface area contributed by atoms with Crippen LogP contribution in [0.4, 0.5) is 0 Å². The fourth-order valence-electron chi connectivity index (χ4n) is 1.83. The number of fused-ring (bicyclic) bond motifs is 1. The van der Waals surface area contributed by atoms with E-state index in [4.69, 9.17) is 10.5 Å². The van der Waals surface area contributed by atoms with Gasteiger partial charge >= 0.3 is 5.97 Å². The molecule has 0 bridgehead atoms. The van der Waals surface area contributed by atoms with E-state index in [-0.39, 0.29) is 11.6 Å². The summed E-state index contributed by atoms with van der Waals surface area (Å²) in [5.74, 6) is -1.31. The lowest BCUT2D eigenvalue weighted by molar-refractivity contribution is 0.0686. The van der Waals surface area contributed by atoms with E-state index in [1.807, 2.05) is 0 Å². The monoisotopic (exact) mass is 303 g/mol. The number of hydrogen-bond acceptors (Lipinski definition) is 5. The number of primary amides is 1. The van der Waals surface area contributed by atoms with Crippen molar-refractivity contribution >= 4 is 28.2 Å². The minimum atomic E-state index is -1.13. The third-order valence-corrected chi connectivity index (χ3v) is 3.54. The summed E-state index contributed by atoms with van der Waals surface area (Å²) in [4.78, 5) is 27.0. The predicted molar refractivity (Wildman–Crippen MR) is 75.1 cm³/mol. The number of thiazole rings is 1. The maximum Gasteiger partial charge on any atom is 0.358 e. The minimum absolute atomic E-state index is 0.00109. The predicted octanol–water partition coefficient (Wildman–Crippen LogP) is 1.99. The second kappa shape index (κ2) is 4.91. The first kappa shape index (κ1) is 13.1. The molecule has 0 spiro atoms. The number of carbonyl (C=O) groups excluding carboxylic acids is 1. The molecule has 0 unspecified atom stereocenters. The van der Waals surface area contributed by atoms with Crippen molar-refractivity contribution in [3.8, 4) is 11.6 Å².